The van der Waals surface area contributed by atoms with E-state index in [1.54, 1.807) is 31.3 Å². The molecular weight excluding hydrogens is 396 g/mol. The van der Waals surface area contributed by atoms with Crippen LogP contribution in [0.15, 0.2) is 59.4 Å². The first-order valence-corrected chi connectivity index (χ1v) is 10.5. The normalized spacial score (nSPS) is 16.9. The molecule has 3 aromatic rings. The van der Waals surface area contributed by atoms with Crippen molar-refractivity contribution in [1.29, 1.82) is 0 Å². The molecule has 0 atom stereocenters. The average molecular weight is 414 g/mol. The lowest BCUT2D eigenvalue weighted by atomic mass is 10.1. The summed E-state index contributed by atoms with van der Waals surface area (Å²) < 4.78 is 2.34. The number of hydrogen-bond acceptors (Lipinski definition) is 5. The molecule has 5 rings (SSSR count). The Morgan fingerprint density at radius 3 is 2.17 bits per heavy atom. The summed E-state index contributed by atoms with van der Waals surface area (Å²) in [7, 11) is 1.62. The quantitative estimate of drug-likeness (QED) is 0.613. The zero-order valence-electron chi connectivity index (χ0n) is 16.5. The second-order valence-corrected chi connectivity index (χ2v) is 8.20. The molecule has 1 aromatic heterocycles. The van der Waals surface area contributed by atoms with Crippen LogP contribution < -0.4 is 19.7 Å². The van der Waals surface area contributed by atoms with Gasteiger partial charge in [-0.2, -0.15) is 0 Å². The van der Waals surface area contributed by atoms with Crippen molar-refractivity contribution >= 4 is 45.9 Å². The van der Waals surface area contributed by atoms with Gasteiger partial charge in [-0.15, -0.1) is 11.3 Å². The van der Waals surface area contributed by atoms with Crippen molar-refractivity contribution in [3.63, 3.8) is 0 Å². The summed E-state index contributed by atoms with van der Waals surface area (Å²) in [5.41, 5.74) is 3.56. The summed E-state index contributed by atoms with van der Waals surface area (Å²) in [6.45, 7) is 2.72. The first kappa shape index (κ1) is 18.5. The molecule has 6 heteroatoms. The Balaban J connectivity index is 1.81. The van der Waals surface area contributed by atoms with Crippen LogP contribution in [0.1, 0.15) is 33.2 Å². The van der Waals surface area contributed by atoms with Gasteiger partial charge < -0.3 is 9.47 Å². The number of rotatable bonds is 1. The standard InChI is InChI=1S/C24H18N2O3S/c1-3-26-17-11-7-4-8-14(17)12-13-18(26)22-23(29)25(2)24(30-22)19-20(27)15-9-5-6-10-16(15)21(19)28/h4-13H,3H2,1-2H3/b22-18+. The van der Waals surface area contributed by atoms with Gasteiger partial charge in [-0.1, -0.05) is 48.5 Å². The molecule has 2 aromatic carbocycles. The van der Waals surface area contributed by atoms with Gasteiger partial charge in [0.05, 0.1) is 5.70 Å². The topological polar surface area (TPSA) is 59.4 Å². The van der Waals surface area contributed by atoms with Gasteiger partial charge >= 0.3 is 0 Å². The Kier molecular flexibility index (Phi) is 4.18. The van der Waals surface area contributed by atoms with E-state index in [9.17, 15) is 14.4 Å². The molecule has 2 heterocycles. The highest BCUT2D eigenvalue weighted by Gasteiger charge is 2.34. The summed E-state index contributed by atoms with van der Waals surface area (Å²) in [4.78, 5) is 41.1. The molecule has 1 aliphatic heterocycles. The van der Waals surface area contributed by atoms with Gasteiger partial charge in [0.25, 0.3) is 5.56 Å². The van der Waals surface area contributed by atoms with Gasteiger partial charge in [-0.3, -0.25) is 14.4 Å². The fraction of sp³-hybridized carbons (Fsp3) is 0.125. The fourth-order valence-corrected chi connectivity index (χ4v) is 5.29. The largest absolute Gasteiger partial charge is 0.340 e. The minimum Gasteiger partial charge on any atom is -0.340 e. The third-order valence-corrected chi connectivity index (χ3v) is 6.83. The first-order chi connectivity index (χ1) is 14.5. The molecule has 0 saturated carbocycles. The van der Waals surface area contributed by atoms with Crippen molar-refractivity contribution < 1.29 is 9.59 Å². The Morgan fingerprint density at radius 1 is 0.867 bits per heavy atom. The van der Waals surface area contributed by atoms with Crippen LogP contribution in [0.25, 0.3) is 17.3 Å². The van der Waals surface area contributed by atoms with Gasteiger partial charge in [0.15, 0.2) is 0 Å². The van der Waals surface area contributed by atoms with Crippen molar-refractivity contribution in [2.24, 2.45) is 7.05 Å². The van der Waals surface area contributed by atoms with Crippen LogP contribution in [0, 0.1) is 0 Å². The predicted octanol–water partition coefficient (Wildman–Crippen LogP) is 2.34. The Morgan fingerprint density at radius 2 is 1.50 bits per heavy atom. The van der Waals surface area contributed by atoms with Crippen molar-refractivity contribution in [1.82, 2.24) is 4.57 Å². The predicted molar refractivity (Wildman–Crippen MR) is 119 cm³/mol. The number of aromatic nitrogens is 1. The van der Waals surface area contributed by atoms with E-state index in [0.29, 0.717) is 26.9 Å². The van der Waals surface area contributed by atoms with Gasteiger partial charge in [0, 0.05) is 30.4 Å². The zero-order chi connectivity index (χ0) is 21.0. The highest BCUT2D eigenvalue weighted by atomic mass is 32.1. The van der Waals surface area contributed by atoms with Crippen LogP contribution in [0.4, 0.5) is 5.69 Å². The smallest absolute Gasteiger partial charge is 0.270 e. The van der Waals surface area contributed by atoms with Gasteiger partial charge in [0.1, 0.15) is 14.8 Å². The number of nitrogens with zero attached hydrogens (tertiary/aromatic N) is 2. The third-order valence-electron chi connectivity index (χ3n) is 5.57. The molecular formula is C24H18N2O3S. The van der Waals surface area contributed by atoms with E-state index in [2.05, 4.69) is 4.90 Å². The summed E-state index contributed by atoms with van der Waals surface area (Å²) >= 11 is 1.20. The van der Waals surface area contributed by atoms with Crippen LogP contribution in [0.3, 0.4) is 0 Å². The molecule has 1 aliphatic carbocycles. The lowest BCUT2D eigenvalue weighted by molar-refractivity contribution is 0.102. The molecule has 0 fully saturated rings. The van der Waals surface area contributed by atoms with E-state index in [1.165, 1.54) is 15.9 Å². The SMILES string of the molecule is CCN1/C(=c2/sc(=C3C(=O)c4ccccc4C3=O)n(C)c2=O)C=Cc2ccccc21. The van der Waals surface area contributed by atoms with Crippen LogP contribution in [0.2, 0.25) is 0 Å². The van der Waals surface area contributed by atoms with Gasteiger partial charge in [0.2, 0.25) is 11.6 Å². The second kappa shape index (κ2) is 6.78. The molecule has 0 radical (unpaired) electrons. The summed E-state index contributed by atoms with van der Waals surface area (Å²) in [5, 5.41) is 0. The minimum absolute atomic E-state index is 0.0795. The number of carbonyl (C=O) groups is 2. The molecule has 0 unspecified atom stereocenters. The lowest BCUT2D eigenvalue weighted by Gasteiger charge is -2.28. The van der Waals surface area contributed by atoms with Crippen LogP contribution in [0.5, 0.6) is 0 Å². The molecule has 0 N–H and O–H groups in total. The number of anilines is 1. The maximum atomic E-state index is 13.2. The average Bonchev–Trinajstić information content (AvgIpc) is 3.20. The number of thiazole rings is 1. The number of Topliss-reactive ketones (excluding diaryl/α,β-unsaturated/α-hetero) is 2. The fourth-order valence-electron chi connectivity index (χ4n) is 4.08. The number of ketones is 2. The molecule has 148 valence electrons. The second-order valence-electron chi connectivity index (χ2n) is 7.20. The zero-order valence-corrected chi connectivity index (χ0v) is 17.3. The van der Waals surface area contributed by atoms with Crippen molar-refractivity contribution in [3.05, 3.63) is 90.8 Å². The number of likely N-dealkylation sites (N-methyl/N-ethyl adjacent to an activating group) is 1. The Labute approximate surface area is 176 Å². The van der Waals surface area contributed by atoms with Crippen molar-refractivity contribution in [2.45, 2.75) is 6.92 Å². The summed E-state index contributed by atoms with van der Waals surface area (Å²) in [5.74, 6) is -0.637. The molecule has 5 nitrogen and oxygen atoms in total. The van der Waals surface area contributed by atoms with Gasteiger partial charge in [-0.05, 0) is 24.6 Å². The molecule has 30 heavy (non-hydrogen) atoms. The minimum atomic E-state index is -0.319. The van der Waals surface area contributed by atoms with E-state index in [-0.39, 0.29) is 22.7 Å². The maximum absolute atomic E-state index is 13.2. The van der Waals surface area contributed by atoms with E-state index in [0.717, 1.165) is 16.9 Å². The summed E-state index contributed by atoms with van der Waals surface area (Å²) in [6, 6.07) is 14.8. The van der Waals surface area contributed by atoms with Crippen LogP contribution in [-0.2, 0) is 7.05 Å². The number of hydrogen-bond donors (Lipinski definition) is 0. The van der Waals surface area contributed by atoms with Crippen LogP contribution in [-0.4, -0.2) is 22.7 Å². The van der Waals surface area contributed by atoms with Gasteiger partial charge in [-0.25, -0.2) is 0 Å². The van der Waals surface area contributed by atoms with Crippen molar-refractivity contribution in [3.8, 4) is 0 Å². The van der Waals surface area contributed by atoms with Crippen LogP contribution >= 0.6 is 11.3 Å². The van der Waals surface area contributed by atoms with E-state index in [1.807, 2.05) is 43.3 Å². The number of fused-ring (bicyclic) bond motifs is 2. The first-order valence-electron chi connectivity index (χ1n) is 9.70. The maximum Gasteiger partial charge on any atom is 0.270 e. The van der Waals surface area contributed by atoms with E-state index < -0.39 is 0 Å². The van der Waals surface area contributed by atoms with Crippen molar-refractivity contribution in [2.75, 3.05) is 11.4 Å². The summed E-state index contributed by atoms with van der Waals surface area (Å²) in [6.07, 6.45) is 3.92. The number of benzene rings is 2. The molecule has 0 bridgehead atoms. The van der Waals surface area contributed by atoms with E-state index in [4.69, 9.17) is 0 Å². The number of carbonyl (C=O) groups excluding carboxylic acids is 2. The monoisotopic (exact) mass is 414 g/mol. The number of para-hydroxylation sites is 1. The van der Waals surface area contributed by atoms with E-state index >= 15 is 0 Å². The lowest BCUT2D eigenvalue weighted by Crippen LogP contribution is -2.35. The molecule has 0 amide bonds. The molecule has 0 spiro atoms. The highest BCUT2D eigenvalue weighted by molar-refractivity contribution is 7.08. The molecule has 0 saturated heterocycles. The third kappa shape index (κ3) is 2.50. The highest BCUT2D eigenvalue weighted by Crippen LogP contribution is 2.30. The Hall–Kier alpha value is -3.51. The molecule has 2 aliphatic rings. The Bertz CT molecular complexity index is 1420.